The zero-order chi connectivity index (χ0) is 23.9. The maximum Gasteiger partial charge on any atom is 0.255 e. The van der Waals surface area contributed by atoms with Crippen LogP contribution < -0.4 is 15.6 Å². The van der Waals surface area contributed by atoms with Crippen LogP contribution in [0.3, 0.4) is 0 Å². The fourth-order valence-corrected chi connectivity index (χ4v) is 5.36. The number of fused-ring (bicyclic) bond motifs is 2. The Kier molecular flexibility index (Phi) is 5.81. The SMILES string of the molecule is CC(C)(NC(=O)c1cc2[nH]c3ccccc3c(=O)c2cc1F)c1cccc(N2CCSCC2)c1. The van der Waals surface area contributed by atoms with Gasteiger partial charge in [0.25, 0.3) is 5.91 Å². The third-order valence-electron chi connectivity index (χ3n) is 6.41. The van der Waals surface area contributed by atoms with E-state index in [0.717, 1.165) is 41.9 Å². The summed E-state index contributed by atoms with van der Waals surface area (Å²) in [6.07, 6.45) is 0. The van der Waals surface area contributed by atoms with Gasteiger partial charge in [0.05, 0.1) is 16.6 Å². The largest absolute Gasteiger partial charge is 0.370 e. The number of thioether (sulfide) groups is 1. The average Bonchev–Trinajstić information content (AvgIpc) is 2.85. The van der Waals surface area contributed by atoms with Crippen molar-refractivity contribution in [2.24, 2.45) is 0 Å². The number of benzene rings is 3. The number of rotatable bonds is 4. The number of halogens is 1. The van der Waals surface area contributed by atoms with Crippen LogP contribution in [-0.4, -0.2) is 35.5 Å². The highest BCUT2D eigenvalue weighted by Crippen LogP contribution is 2.27. The van der Waals surface area contributed by atoms with E-state index in [-0.39, 0.29) is 16.4 Å². The number of hydrogen-bond acceptors (Lipinski definition) is 4. The zero-order valence-corrected chi connectivity index (χ0v) is 20.0. The molecule has 1 aliphatic rings. The first-order valence-corrected chi connectivity index (χ1v) is 12.5. The highest BCUT2D eigenvalue weighted by Gasteiger charge is 2.26. The van der Waals surface area contributed by atoms with Gasteiger partial charge in [0.15, 0.2) is 5.43 Å². The van der Waals surface area contributed by atoms with Gasteiger partial charge in [-0.2, -0.15) is 11.8 Å². The van der Waals surface area contributed by atoms with Gasteiger partial charge in [0.2, 0.25) is 0 Å². The Morgan fingerprint density at radius 1 is 1.00 bits per heavy atom. The minimum absolute atomic E-state index is 0.101. The molecule has 5 nitrogen and oxygen atoms in total. The first-order chi connectivity index (χ1) is 16.3. The van der Waals surface area contributed by atoms with Crippen molar-refractivity contribution in [3.8, 4) is 0 Å². The fraction of sp³-hybridized carbons (Fsp3) is 0.259. The predicted molar refractivity (Wildman–Crippen MR) is 139 cm³/mol. The molecule has 1 fully saturated rings. The molecule has 0 bridgehead atoms. The number of amides is 1. The molecule has 34 heavy (non-hydrogen) atoms. The summed E-state index contributed by atoms with van der Waals surface area (Å²) >= 11 is 1.96. The number of pyridine rings is 1. The van der Waals surface area contributed by atoms with Crippen LogP contribution in [0.2, 0.25) is 0 Å². The molecule has 0 atom stereocenters. The van der Waals surface area contributed by atoms with Gasteiger partial charge in [-0.15, -0.1) is 0 Å². The van der Waals surface area contributed by atoms with Crippen molar-refractivity contribution >= 4 is 45.2 Å². The summed E-state index contributed by atoms with van der Waals surface area (Å²) in [5.41, 5.74) is 2.05. The molecule has 1 aromatic heterocycles. The number of nitrogens with one attached hydrogen (secondary N) is 2. The topological polar surface area (TPSA) is 65.2 Å². The number of aromatic nitrogens is 1. The molecule has 2 heterocycles. The summed E-state index contributed by atoms with van der Waals surface area (Å²) in [4.78, 5) is 31.5. The standard InChI is InChI=1S/C27H26FN3O2S/c1-27(2,17-6-5-7-18(14-17)31-10-12-34-13-11-31)30-26(33)20-16-24-21(15-22(20)28)25(32)19-8-3-4-9-23(19)29-24/h3-9,14-16H,10-13H2,1-2H3,(H,29,32)(H,30,33). The molecular formula is C27H26FN3O2S. The Labute approximate surface area is 201 Å². The molecule has 0 unspecified atom stereocenters. The molecule has 4 aromatic rings. The summed E-state index contributed by atoms with van der Waals surface area (Å²) in [5, 5.41) is 3.69. The summed E-state index contributed by atoms with van der Waals surface area (Å²) in [6, 6.07) is 17.8. The molecule has 1 aliphatic heterocycles. The Morgan fingerprint density at radius 2 is 1.76 bits per heavy atom. The lowest BCUT2D eigenvalue weighted by molar-refractivity contribution is 0.0908. The molecule has 3 aromatic carbocycles. The van der Waals surface area contributed by atoms with Crippen LogP contribution in [0, 0.1) is 5.82 Å². The summed E-state index contributed by atoms with van der Waals surface area (Å²) in [7, 11) is 0. The van der Waals surface area contributed by atoms with E-state index in [1.165, 1.54) is 6.07 Å². The van der Waals surface area contributed by atoms with Gasteiger partial charge < -0.3 is 15.2 Å². The van der Waals surface area contributed by atoms with Crippen LogP contribution >= 0.6 is 11.8 Å². The van der Waals surface area contributed by atoms with Crippen LogP contribution in [0.4, 0.5) is 10.1 Å². The van der Waals surface area contributed by atoms with Crippen molar-refractivity contribution in [2.75, 3.05) is 29.5 Å². The third-order valence-corrected chi connectivity index (χ3v) is 7.35. The molecule has 0 saturated carbocycles. The molecule has 0 spiro atoms. The predicted octanol–water partition coefficient (Wildman–Crippen LogP) is 5.04. The van der Waals surface area contributed by atoms with Crippen molar-refractivity contribution in [3.63, 3.8) is 0 Å². The molecule has 2 N–H and O–H groups in total. The summed E-state index contributed by atoms with van der Waals surface area (Å²) in [6.45, 7) is 5.81. The van der Waals surface area contributed by atoms with Crippen molar-refractivity contribution in [1.29, 1.82) is 0 Å². The first-order valence-electron chi connectivity index (χ1n) is 11.3. The minimum Gasteiger partial charge on any atom is -0.370 e. The second-order valence-corrected chi connectivity index (χ2v) is 10.3. The van der Waals surface area contributed by atoms with Gasteiger partial charge in [-0.3, -0.25) is 9.59 Å². The lowest BCUT2D eigenvalue weighted by Gasteiger charge is -2.31. The van der Waals surface area contributed by atoms with E-state index < -0.39 is 17.3 Å². The van der Waals surface area contributed by atoms with Gasteiger partial charge in [0, 0.05) is 46.6 Å². The quantitative estimate of drug-likeness (QED) is 0.406. The highest BCUT2D eigenvalue weighted by atomic mass is 32.2. The van der Waals surface area contributed by atoms with E-state index in [1.54, 1.807) is 18.2 Å². The van der Waals surface area contributed by atoms with Crippen molar-refractivity contribution < 1.29 is 9.18 Å². The first kappa shape index (κ1) is 22.5. The van der Waals surface area contributed by atoms with Crippen molar-refractivity contribution in [1.82, 2.24) is 10.3 Å². The third kappa shape index (κ3) is 4.16. The van der Waals surface area contributed by atoms with E-state index in [0.29, 0.717) is 16.4 Å². The summed E-state index contributed by atoms with van der Waals surface area (Å²) in [5.74, 6) is 0.950. The molecule has 1 saturated heterocycles. The molecule has 5 rings (SSSR count). The average molecular weight is 476 g/mol. The second kappa shape index (κ2) is 8.80. The zero-order valence-electron chi connectivity index (χ0n) is 19.2. The molecule has 174 valence electrons. The van der Waals surface area contributed by atoms with Gasteiger partial charge in [-0.05, 0) is 55.8 Å². The Bertz CT molecular complexity index is 1460. The smallest absolute Gasteiger partial charge is 0.255 e. The number of aromatic amines is 1. The number of carbonyl (C=O) groups is 1. The van der Waals surface area contributed by atoms with Gasteiger partial charge in [-0.1, -0.05) is 24.3 Å². The molecule has 0 aliphatic carbocycles. The molecule has 0 radical (unpaired) electrons. The van der Waals surface area contributed by atoms with Gasteiger partial charge in [0.1, 0.15) is 5.82 Å². The summed E-state index contributed by atoms with van der Waals surface area (Å²) < 4.78 is 15.0. The number of hydrogen-bond donors (Lipinski definition) is 2. The van der Waals surface area contributed by atoms with Crippen LogP contribution in [-0.2, 0) is 5.54 Å². The van der Waals surface area contributed by atoms with Crippen LogP contribution in [0.15, 0.2) is 65.5 Å². The second-order valence-electron chi connectivity index (χ2n) is 9.11. The Hall–Kier alpha value is -3.32. The van der Waals surface area contributed by atoms with Gasteiger partial charge in [-0.25, -0.2) is 4.39 Å². The molecule has 7 heteroatoms. The molecular weight excluding hydrogens is 449 g/mol. The maximum absolute atomic E-state index is 15.0. The van der Waals surface area contributed by atoms with Crippen LogP contribution in [0.25, 0.3) is 21.8 Å². The number of anilines is 1. The Morgan fingerprint density at radius 3 is 2.56 bits per heavy atom. The van der Waals surface area contributed by atoms with Crippen LogP contribution in [0.5, 0.6) is 0 Å². The molecule has 1 amide bonds. The van der Waals surface area contributed by atoms with E-state index in [9.17, 15) is 9.59 Å². The van der Waals surface area contributed by atoms with Gasteiger partial charge >= 0.3 is 0 Å². The van der Waals surface area contributed by atoms with E-state index >= 15 is 4.39 Å². The minimum atomic E-state index is -0.726. The van der Waals surface area contributed by atoms with Crippen molar-refractivity contribution in [2.45, 2.75) is 19.4 Å². The monoisotopic (exact) mass is 475 g/mol. The lowest BCUT2D eigenvalue weighted by Crippen LogP contribution is -2.41. The Balaban J connectivity index is 1.46. The number of carbonyl (C=O) groups excluding carboxylic acids is 1. The highest BCUT2D eigenvalue weighted by molar-refractivity contribution is 7.99. The van der Waals surface area contributed by atoms with E-state index in [4.69, 9.17) is 0 Å². The number of nitrogens with zero attached hydrogens (tertiary/aromatic N) is 1. The van der Waals surface area contributed by atoms with E-state index in [1.807, 2.05) is 43.8 Å². The normalized spacial score (nSPS) is 14.5. The fourth-order valence-electron chi connectivity index (χ4n) is 4.46. The van der Waals surface area contributed by atoms with E-state index in [2.05, 4.69) is 27.3 Å². The lowest BCUT2D eigenvalue weighted by atomic mass is 9.93. The number of para-hydroxylation sites is 1. The van der Waals surface area contributed by atoms with Crippen molar-refractivity contribution in [3.05, 3.63) is 87.8 Å². The van der Waals surface area contributed by atoms with Crippen LogP contribution in [0.1, 0.15) is 29.8 Å². The number of H-pyrrole nitrogens is 1. The maximum atomic E-state index is 15.0.